The van der Waals surface area contributed by atoms with Gasteiger partial charge in [0.05, 0.1) is 22.3 Å². The molecule has 23 heteroatoms. The molecule has 12 aromatic carbocycles. The summed E-state index contributed by atoms with van der Waals surface area (Å²) < 4.78 is 82.4. The number of esters is 4. The maximum atomic E-state index is 14.1. The molecule has 0 bridgehead atoms. The second-order valence-electron chi connectivity index (χ2n) is 37.7. The van der Waals surface area contributed by atoms with Gasteiger partial charge < -0.3 is 86.7 Å². The van der Waals surface area contributed by atoms with Crippen LogP contribution in [0, 0.1) is 6.92 Å². The molecule has 4 N–H and O–H groups in total. The van der Waals surface area contributed by atoms with Crippen LogP contribution in [0.25, 0.3) is 0 Å². The van der Waals surface area contributed by atoms with E-state index in [4.69, 9.17) is 66.3 Å². The Kier molecular flexibility index (Phi) is 36.2. The summed E-state index contributed by atoms with van der Waals surface area (Å²) in [5.74, 6) is 0.670. The van der Waals surface area contributed by atoms with Gasteiger partial charge in [0.25, 0.3) is 0 Å². The van der Waals surface area contributed by atoms with Crippen molar-refractivity contribution in [2.24, 2.45) is 0 Å². The van der Waals surface area contributed by atoms with E-state index in [1.807, 2.05) is 177 Å². The summed E-state index contributed by atoms with van der Waals surface area (Å²) in [6.45, 7) is 26.7. The third-order valence-corrected chi connectivity index (χ3v) is 24.8. The topological polar surface area (TPSA) is 295 Å². The highest BCUT2D eigenvalue weighted by Crippen LogP contribution is 2.39. The number of hydrogen-bond donors (Lipinski definition) is 4. The molecule has 0 amide bonds. The molecular weight excluding hydrogens is 1760 g/mol. The van der Waals surface area contributed by atoms with E-state index in [0.29, 0.717) is 46.0 Å². The molecule has 12 rings (SSSR count). The van der Waals surface area contributed by atoms with Crippen molar-refractivity contribution in [3.8, 4) is 46.0 Å². The molecule has 23 nitrogen and oxygen atoms in total. The smallest absolute Gasteiger partial charge is 0.491 e. The average Bonchev–Trinajstić information content (AvgIpc) is 0.818. The molecule has 0 aliphatic heterocycles. The fourth-order valence-electron chi connectivity index (χ4n) is 15.4. The lowest BCUT2D eigenvalue weighted by Gasteiger charge is -2.27. The SMILES string of the molecule is CCc1ccc(C(C)(C)c2ccc(OCC(O)COC(=O)c3ccccc3C(=O)OCC(O)COc3ccc(C(C)(C)c4ccc(OCC(COc5ccc(C)cc5)OC(=O)OC(COc5ccc(C(C)(C)C)cc5)COc5ccc(C(C)(C)c6ccc(OCC(O)COC(=O)c7ccccc7C(=O)OCC(O)COc7ccc(C(C)(C)c8ccc(CC)cc8)cc7)cc6)cc5)cc4)cc3)cc2)cc1. The highest BCUT2D eigenvalue weighted by Gasteiger charge is 2.32. The third-order valence-electron chi connectivity index (χ3n) is 24.8. The summed E-state index contributed by atoms with van der Waals surface area (Å²) >= 11 is 0. The van der Waals surface area contributed by atoms with Crippen molar-refractivity contribution in [1.82, 2.24) is 0 Å². The summed E-state index contributed by atoms with van der Waals surface area (Å²) in [6.07, 6.45) is -5.82. The first-order valence-corrected chi connectivity index (χ1v) is 47.0. The number of rotatable bonds is 48. The second kappa shape index (κ2) is 48.4. The summed E-state index contributed by atoms with van der Waals surface area (Å²) in [4.78, 5) is 67.5. The Morgan fingerprint density at radius 2 is 0.417 bits per heavy atom. The van der Waals surface area contributed by atoms with Gasteiger partial charge >= 0.3 is 30.0 Å². The maximum absolute atomic E-state index is 14.1. The normalized spacial score (nSPS) is 13.1. The molecule has 0 aliphatic rings. The quantitative estimate of drug-likeness (QED) is 0.0203. The number of ether oxygens (including phenoxy) is 14. The molecule has 6 unspecified atom stereocenters. The zero-order chi connectivity index (χ0) is 99.4. The Balaban J connectivity index is 0.585. The number of hydrogen-bond acceptors (Lipinski definition) is 23. The Bertz CT molecular complexity index is 5930. The molecule has 139 heavy (non-hydrogen) atoms. The molecule has 0 saturated carbocycles. The van der Waals surface area contributed by atoms with Gasteiger partial charge in [0.2, 0.25) is 0 Å². The zero-order valence-electron chi connectivity index (χ0n) is 81.6. The molecular formula is C116H128O23. The van der Waals surface area contributed by atoms with Crippen molar-refractivity contribution in [2.75, 3.05) is 79.3 Å². The van der Waals surface area contributed by atoms with Crippen molar-refractivity contribution < 1.29 is 111 Å². The number of carbonyl (C=O) groups is 5. The largest absolute Gasteiger partial charge is 0.509 e. The summed E-state index contributed by atoms with van der Waals surface area (Å²) in [6, 6.07) is 89.7. The monoisotopic (exact) mass is 1890 g/mol. The van der Waals surface area contributed by atoms with Crippen LogP contribution in [0.4, 0.5) is 4.79 Å². The molecule has 730 valence electrons. The number of aliphatic hydroxyl groups is 4. The summed E-state index contributed by atoms with van der Waals surface area (Å²) in [7, 11) is 0. The Morgan fingerprint density at radius 1 is 0.237 bits per heavy atom. The minimum Gasteiger partial charge on any atom is -0.491 e. The maximum Gasteiger partial charge on any atom is 0.509 e. The summed E-state index contributed by atoms with van der Waals surface area (Å²) in [5.41, 5.74) is 11.1. The minimum atomic E-state index is -1.23. The van der Waals surface area contributed by atoms with Crippen LogP contribution in [0.1, 0.15) is 198 Å². The first kappa shape index (κ1) is 104. The van der Waals surface area contributed by atoms with Crippen LogP contribution < -0.4 is 37.9 Å². The van der Waals surface area contributed by atoms with E-state index in [0.717, 1.165) is 57.3 Å². The van der Waals surface area contributed by atoms with Crippen LogP contribution in [-0.2, 0) is 68.3 Å². The van der Waals surface area contributed by atoms with Crippen LogP contribution in [0.2, 0.25) is 0 Å². The Hall–Kier alpha value is -14.0. The lowest BCUT2D eigenvalue weighted by molar-refractivity contribution is -0.0436. The predicted octanol–water partition coefficient (Wildman–Crippen LogP) is 20.6. The van der Waals surface area contributed by atoms with Gasteiger partial charge in [-0.3, -0.25) is 0 Å². The van der Waals surface area contributed by atoms with Gasteiger partial charge in [-0.25, -0.2) is 24.0 Å². The van der Waals surface area contributed by atoms with Gasteiger partial charge in [0.1, 0.15) is 150 Å². The van der Waals surface area contributed by atoms with Gasteiger partial charge in [0, 0.05) is 21.7 Å². The van der Waals surface area contributed by atoms with Gasteiger partial charge in [-0.15, -0.1) is 0 Å². The van der Waals surface area contributed by atoms with Gasteiger partial charge in [0.15, 0.2) is 12.2 Å². The highest BCUT2D eigenvalue weighted by atomic mass is 16.7. The molecule has 0 saturated heterocycles. The lowest BCUT2D eigenvalue weighted by Crippen LogP contribution is -2.36. The molecule has 0 radical (unpaired) electrons. The molecule has 0 fully saturated rings. The van der Waals surface area contributed by atoms with E-state index in [1.54, 1.807) is 48.5 Å². The predicted molar refractivity (Wildman–Crippen MR) is 532 cm³/mol. The Morgan fingerprint density at radius 3 is 0.612 bits per heavy atom. The molecule has 0 heterocycles. The van der Waals surface area contributed by atoms with Crippen LogP contribution in [0.3, 0.4) is 0 Å². The number of carbonyl (C=O) groups excluding carboxylic acids is 5. The third kappa shape index (κ3) is 29.5. The van der Waals surface area contributed by atoms with Gasteiger partial charge in [-0.1, -0.05) is 265 Å². The van der Waals surface area contributed by atoms with E-state index in [1.165, 1.54) is 46.5 Å². The van der Waals surface area contributed by atoms with E-state index < -0.39 is 104 Å². The van der Waals surface area contributed by atoms with Crippen LogP contribution in [0.15, 0.2) is 291 Å². The second-order valence-corrected chi connectivity index (χ2v) is 37.7. The fraction of sp³-hybridized carbons (Fsp3) is 0.336. The zero-order valence-corrected chi connectivity index (χ0v) is 81.6. The first-order chi connectivity index (χ1) is 66.5. The van der Waals surface area contributed by atoms with Crippen molar-refractivity contribution in [2.45, 2.75) is 173 Å². The average molecular weight is 1890 g/mol. The van der Waals surface area contributed by atoms with E-state index in [-0.39, 0.29) is 91.4 Å². The first-order valence-electron chi connectivity index (χ1n) is 47.0. The molecule has 0 spiro atoms. The van der Waals surface area contributed by atoms with Crippen molar-refractivity contribution >= 4 is 30.0 Å². The molecule has 6 atom stereocenters. The lowest BCUT2D eigenvalue weighted by atomic mass is 9.78. The van der Waals surface area contributed by atoms with Crippen molar-refractivity contribution in [3.05, 3.63) is 380 Å². The number of benzene rings is 12. The summed E-state index contributed by atoms with van der Waals surface area (Å²) in [5, 5.41) is 43.3. The Labute approximate surface area is 815 Å². The number of aryl methyl sites for hydroxylation is 3. The highest BCUT2D eigenvalue weighted by molar-refractivity contribution is 6.04. The standard InChI is InChI=1S/C116H128O23/c1-15-78-27-31-81(32-28-78)113(7,8)83-37-53-94(54-38-83)126-65-89(117)69-134-107(121)103-21-17-19-23-105(103)109(123)136-71-91(119)67-128-96-57-41-85(42-58-96)115(11,12)87-45-61-99(62-46-87)132-75-101(73-130-93-49-25-77(3)26-50-93)138-111(125)139-102(74-131-98-51-35-80(36-52-98)112(4,5)6)76-133-100-63-47-88(48-64-100)116(13,14)86-43-59-97(60-44-86)129-68-92(120)72-137-110(124)106-24-20-18-22-104(106)108(122)135-70-90(118)66-127-95-55-39-84(40-56-95)114(9,10)82-33-29-79(16-2)30-34-82/h17-64,89-92,101-102,117-120H,15-16,65-76H2,1-14H3. The van der Waals surface area contributed by atoms with Crippen molar-refractivity contribution in [3.63, 3.8) is 0 Å². The molecule has 12 aromatic rings. The van der Waals surface area contributed by atoms with Gasteiger partial charge in [-0.2, -0.15) is 0 Å². The van der Waals surface area contributed by atoms with E-state index in [2.05, 4.69) is 139 Å². The van der Waals surface area contributed by atoms with Crippen LogP contribution >= 0.6 is 0 Å². The van der Waals surface area contributed by atoms with E-state index in [9.17, 15) is 44.4 Å². The van der Waals surface area contributed by atoms with Crippen molar-refractivity contribution in [1.29, 1.82) is 0 Å². The van der Waals surface area contributed by atoms with Gasteiger partial charge in [-0.05, 0) is 208 Å². The van der Waals surface area contributed by atoms with Crippen LogP contribution in [-0.4, -0.2) is 166 Å². The van der Waals surface area contributed by atoms with E-state index >= 15 is 0 Å². The fourth-order valence-corrected chi connectivity index (χ4v) is 15.4. The van der Waals surface area contributed by atoms with Crippen LogP contribution in [0.5, 0.6) is 46.0 Å². The number of aliphatic hydroxyl groups excluding tert-OH is 4. The minimum absolute atomic E-state index is 0.0777. The molecule has 0 aliphatic carbocycles. The molecule has 0 aromatic heterocycles.